The molecule has 3 unspecified atom stereocenters. The number of ether oxygens (including phenoxy) is 1. The van der Waals surface area contributed by atoms with Gasteiger partial charge in [-0.1, -0.05) is 83.7 Å². The summed E-state index contributed by atoms with van der Waals surface area (Å²) in [6.07, 6.45) is 8.27. The zero-order chi connectivity index (χ0) is 23.6. The van der Waals surface area contributed by atoms with Crippen molar-refractivity contribution in [1.29, 1.82) is 0 Å². The molecule has 1 aliphatic carbocycles. The highest BCUT2D eigenvalue weighted by atomic mass is 16.5. The Bertz CT molecular complexity index is 705. The van der Waals surface area contributed by atoms with Crippen molar-refractivity contribution in [3.8, 4) is 0 Å². The second kappa shape index (κ2) is 13.0. The van der Waals surface area contributed by atoms with Gasteiger partial charge in [-0.2, -0.15) is 0 Å². The molecule has 0 aliphatic heterocycles. The standard InChI is InChI=1S/C27H43NO4/c1-5-7-9-15-23(12-6-2)28(19-22-13-10-8-11-14-22)24-16-17-27(18-24,25(29)30)26(31)32-20-21(3)4/h8,10-11,13-14,21,23-24H,5-7,9,12,15-20H2,1-4H3,(H,29,30). The van der Waals surface area contributed by atoms with Gasteiger partial charge < -0.3 is 9.84 Å². The van der Waals surface area contributed by atoms with Crippen LogP contribution in [0.2, 0.25) is 0 Å². The molecule has 32 heavy (non-hydrogen) atoms. The Balaban J connectivity index is 2.27. The Labute approximate surface area is 194 Å². The minimum Gasteiger partial charge on any atom is -0.480 e. The van der Waals surface area contributed by atoms with Gasteiger partial charge in [0.25, 0.3) is 0 Å². The van der Waals surface area contributed by atoms with E-state index in [9.17, 15) is 14.7 Å². The van der Waals surface area contributed by atoms with E-state index in [1.54, 1.807) is 0 Å². The molecule has 5 heteroatoms. The third-order valence-electron chi connectivity index (χ3n) is 6.75. The Morgan fingerprint density at radius 3 is 2.44 bits per heavy atom. The molecule has 3 atom stereocenters. The maximum absolute atomic E-state index is 12.9. The van der Waals surface area contributed by atoms with Crippen molar-refractivity contribution in [3.05, 3.63) is 35.9 Å². The van der Waals surface area contributed by atoms with E-state index in [4.69, 9.17) is 4.74 Å². The fourth-order valence-corrected chi connectivity index (χ4v) is 4.94. The highest BCUT2D eigenvalue weighted by molar-refractivity contribution is 5.99. The van der Waals surface area contributed by atoms with Crippen molar-refractivity contribution in [1.82, 2.24) is 4.90 Å². The number of hydrogen-bond donors (Lipinski definition) is 1. The molecular weight excluding hydrogens is 402 g/mol. The van der Waals surface area contributed by atoms with Crippen LogP contribution in [-0.2, 0) is 20.9 Å². The van der Waals surface area contributed by atoms with E-state index in [1.165, 1.54) is 24.8 Å². The number of carbonyl (C=O) groups is 2. The molecule has 1 aromatic rings. The van der Waals surface area contributed by atoms with Crippen molar-refractivity contribution in [2.45, 2.75) is 104 Å². The summed E-state index contributed by atoms with van der Waals surface area (Å²) in [5.41, 5.74) is -0.186. The Hall–Kier alpha value is -1.88. The van der Waals surface area contributed by atoms with Gasteiger partial charge in [0.2, 0.25) is 0 Å². The molecule has 1 saturated carbocycles. The number of carboxylic acid groups (broad SMARTS) is 1. The third kappa shape index (κ3) is 7.06. The normalized spacial score (nSPS) is 21.8. The molecule has 0 aromatic heterocycles. The summed E-state index contributed by atoms with van der Waals surface area (Å²) in [6.45, 7) is 9.42. The Morgan fingerprint density at radius 2 is 1.84 bits per heavy atom. The van der Waals surface area contributed by atoms with Gasteiger partial charge in [0.1, 0.15) is 0 Å². The van der Waals surface area contributed by atoms with Gasteiger partial charge >= 0.3 is 11.9 Å². The van der Waals surface area contributed by atoms with E-state index in [0.717, 1.165) is 25.8 Å². The first-order valence-electron chi connectivity index (χ1n) is 12.5. The summed E-state index contributed by atoms with van der Waals surface area (Å²) >= 11 is 0. The molecular formula is C27H43NO4. The quantitative estimate of drug-likeness (QED) is 0.214. The molecule has 1 fully saturated rings. The summed E-state index contributed by atoms with van der Waals surface area (Å²) in [4.78, 5) is 27.8. The Kier molecular flexibility index (Phi) is 10.7. The average Bonchev–Trinajstić information content (AvgIpc) is 3.23. The van der Waals surface area contributed by atoms with Crippen molar-refractivity contribution < 1.29 is 19.4 Å². The molecule has 0 amide bonds. The number of carboxylic acids is 1. The molecule has 1 N–H and O–H groups in total. The molecule has 180 valence electrons. The number of nitrogens with zero attached hydrogens (tertiary/aromatic N) is 1. The van der Waals surface area contributed by atoms with Crippen molar-refractivity contribution in [2.24, 2.45) is 11.3 Å². The van der Waals surface area contributed by atoms with Crippen molar-refractivity contribution in [2.75, 3.05) is 6.61 Å². The predicted octanol–water partition coefficient (Wildman–Crippen LogP) is 6.06. The number of hydrogen-bond acceptors (Lipinski definition) is 4. The van der Waals surface area contributed by atoms with Gasteiger partial charge in [0.05, 0.1) is 6.61 Å². The van der Waals surface area contributed by atoms with Crippen molar-refractivity contribution >= 4 is 11.9 Å². The first-order chi connectivity index (χ1) is 15.3. The van der Waals surface area contributed by atoms with E-state index in [2.05, 4.69) is 43.0 Å². The van der Waals surface area contributed by atoms with Gasteiger partial charge in [-0.05, 0) is 43.6 Å². The number of benzene rings is 1. The monoisotopic (exact) mass is 445 g/mol. The zero-order valence-corrected chi connectivity index (χ0v) is 20.5. The highest BCUT2D eigenvalue weighted by Crippen LogP contribution is 2.43. The lowest BCUT2D eigenvalue weighted by Gasteiger charge is -2.37. The lowest BCUT2D eigenvalue weighted by atomic mass is 9.85. The summed E-state index contributed by atoms with van der Waals surface area (Å²) in [5.74, 6) is -1.41. The molecule has 0 spiro atoms. The highest BCUT2D eigenvalue weighted by Gasteiger charge is 2.54. The second-order valence-corrected chi connectivity index (χ2v) is 9.87. The van der Waals surface area contributed by atoms with Gasteiger partial charge in [-0.3, -0.25) is 14.5 Å². The van der Waals surface area contributed by atoms with Crippen LogP contribution in [0, 0.1) is 11.3 Å². The van der Waals surface area contributed by atoms with E-state index < -0.39 is 17.4 Å². The zero-order valence-electron chi connectivity index (χ0n) is 20.5. The average molecular weight is 446 g/mol. The van der Waals surface area contributed by atoms with Crippen molar-refractivity contribution in [3.63, 3.8) is 0 Å². The van der Waals surface area contributed by atoms with Gasteiger partial charge in [-0.25, -0.2) is 0 Å². The van der Waals surface area contributed by atoms with E-state index in [-0.39, 0.29) is 18.6 Å². The molecule has 0 heterocycles. The molecule has 2 rings (SSSR count). The second-order valence-electron chi connectivity index (χ2n) is 9.87. The number of aliphatic carboxylic acids is 1. The van der Waals surface area contributed by atoms with Crippen LogP contribution in [0.25, 0.3) is 0 Å². The van der Waals surface area contributed by atoms with E-state index >= 15 is 0 Å². The molecule has 0 radical (unpaired) electrons. The van der Waals surface area contributed by atoms with Crippen LogP contribution < -0.4 is 0 Å². The predicted molar refractivity (Wildman–Crippen MR) is 128 cm³/mol. The minimum absolute atomic E-state index is 0.0658. The SMILES string of the molecule is CCCCCC(CCC)N(Cc1ccccc1)C1CCC(C(=O)O)(C(=O)OCC(C)C)C1. The minimum atomic E-state index is -1.42. The van der Waals surface area contributed by atoms with Crippen LogP contribution >= 0.6 is 0 Å². The fraction of sp³-hybridized carbons (Fsp3) is 0.704. The Morgan fingerprint density at radius 1 is 1.12 bits per heavy atom. The van der Waals surface area contributed by atoms with Crippen LogP contribution in [0.15, 0.2) is 30.3 Å². The van der Waals surface area contributed by atoms with Gasteiger partial charge in [0.15, 0.2) is 5.41 Å². The molecule has 1 aromatic carbocycles. The topological polar surface area (TPSA) is 66.8 Å². The number of carbonyl (C=O) groups excluding carboxylic acids is 1. The van der Waals surface area contributed by atoms with Gasteiger partial charge in [0, 0.05) is 18.6 Å². The number of unbranched alkanes of at least 4 members (excludes halogenated alkanes) is 2. The molecule has 5 nitrogen and oxygen atoms in total. The van der Waals surface area contributed by atoms with E-state index in [0.29, 0.717) is 25.3 Å². The summed E-state index contributed by atoms with van der Waals surface area (Å²) < 4.78 is 5.45. The number of rotatable bonds is 14. The largest absolute Gasteiger partial charge is 0.480 e. The first-order valence-corrected chi connectivity index (χ1v) is 12.5. The maximum atomic E-state index is 12.9. The molecule has 1 aliphatic rings. The lowest BCUT2D eigenvalue weighted by Crippen LogP contribution is -2.45. The van der Waals surface area contributed by atoms with Crippen LogP contribution in [-0.4, -0.2) is 40.6 Å². The maximum Gasteiger partial charge on any atom is 0.323 e. The summed E-state index contributed by atoms with van der Waals surface area (Å²) in [6, 6.07) is 10.9. The lowest BCUT2D eigenvalue weighted by molar-refractivity contribution is -0.169. The van der Waals surface area contributed by atoms with Crippen LogP contribution in [0.1, 0.15) is 91.0 Å². The first kappa shape index (κ1) is 26.4. The number of esters is 1. The summed E-state index contributed by atoms with van der Waals surface area (Å²) in [7, 11) is 0. The smallest absolute Gasteiger partial charge is 0.323 e. The van der Waals surface area contributed by atoms with Crippen LogP contribution in [0.5, 0.6) is 0 Å². The third-order valence-corrected chi connectivity index (χ3v) is 6.75. The van der Waals surface area contributed by atoms with Crippen LogP contribution in [0.3, 0.4) is 0 Å². The fourth-order valence-electron chi connectivity index (χ4n) is 4.94. The molecule has 0 bridgehead atoms. The van der Waals surface area contributed by atoms with Gasteiger partial charge in [-0.15, -0.1) is 0 Å². The van der Waals surface area contributed by atoms with Crippen LogP contribution in [0.4, 0.5) is 0 Å². The van der Waals surface area contributed by atoms with E-state index in [1.807, 2.05) is 19.9 Å². The summed E-state index contributed by atoms with van der Waals surface area (Å²) in [5, 5.41) is 10.1. The molecule has 0 saturated heterocycles.